The van der Waals surface area contributed by atoms with E-state index < -0.39 is 11.9 Å². The Morgan fingerprint density at radius 2 is 1.83 bits per heavy atom. The molecule has 3 unspecified atom stereocenters. The summed E-state index contributed by atoms with van der Waals surface area (Å²) in [6.07, 6.45) is 4.43. The second-order valence-corrected chi connectivity index (χ2v) is 11.0. The molecule has 2 aromatic carbocycles. The van der Waals surface area contributed by atoms with Crippen LogP contribution in [0, 0.1) is 0 Å². The van der Waals surface area contributed by atoms with E-state index in [2.05, 4.69) is 34.3 Å². The maximum absolute atomic E-state index is 13.2. The fourth-order valence-electron chi connectivity index (χ4n) is 6.07. The summed E-state index contributed by atoms with van der Waals surface area (Å²) < 4.78 is 6.20. The summed E-state index contributed by atoms with van der Waals surface area (Å²) in [5.41, 5.74) is 14.2. The number of carboxylic acid groups (broad SMARTS) is 1. The molecule has 0 bridgehead atoms. The van der Waals surface area contributed by atoms with E-state index in [4.69, 9.17) is 27.8 Å². The first-order valence-corrected chi connectivity index (χ1v) is 14.2. The van der Waals surface area contributed by atoms with E-state index in [1.54, 1.807) is 19.2 Å². The Bertz CT molecular complexity index is 1370. The number of rotatable bonds is 11. The molecule has 1 aromatic heterocycles. The second kappa shape index (κ2) is 13.2. The number of anilines is 2. The van der Waals surface area contributed by atoms with Gasteiger partial charge >= 0.3 is 5.97 Å². The number of benzene rings is 2. The summed E-state index contributed by atoms with van der Waals surface area (Å²) in [4.78, 5) is 32.5. The fourth-order valence-corrected chi connectivity index (χ4v) is 6.20. The van der Waals surface area contributed by atoms with Crippen LogP contribution >= 0.6 is 11.6 Å². The van der Waals surface area contributed by atoms with Crippen molar-refractivity contribution in [2.75, 3.05) is 38.2 Å². The van der Waals surface area contributed by atoms with Gasteiger partial charge in [0.25, 0.3) is 5.91 Å². The third kappa shape index (κ3) is 7.07. The van der Waals surface area contributed by atoms with Crippen molar-refractivity contribution in [2.24, 2.45) is 0 Å². The van der Waals surface area contributed by atoms with E-state index in [9.17, 15) is 14.7 Å². The number of aromatic carboxylic acids is 1. The number of carbonyl (C=O) groups excluding carboxylic acids is 1. The molecule has 0 spiro atoms. The van der Waals surface area contributed by atoms with Crippen molar-refractivity contribution in [3.05, 3.63) is 76.1 Å². The minimum absolute atomic E-state index is 0.0167. The molecule has 41 heavy (non-hydrogen) atoms. The van der Waals surface area contributed by atoms with Crippen molar-refractivity contribution in [1.29, 1.82) is 0 Å². The highest BCUT2D eigenvalue weighted by molar-refractivity contribution is 6.31. The van der Waals surface area contributed by atoms with E-state index >= 15 is 0 Å². The SMILES string of the molecule is CCC(c1ccc(OC)cc1)[N+]1(CCCc2ccc(C(=O)O)cc2)CCCC(NC(=O)c2nc(Cl)c(N)nc2N)C1. The Morgan fingerprint density at radius 1 is 1.12 bits per heavy atom. The molecule has 3 atom stereocenters. The first kappa shape index (κ1) is 30.1. The maximum atomic E-state index is 13.2. The number of piperidine rings is 1. The van der Waals surface area contributed by atoms with Gasteiger partial charge in [0.2, 0.25) is 0 Å². The number of ether oxygens (including phenoxy) is 1. The Labute approximate surface area is 245 Å². The molecule has 1 aliphatic heterocycles. The second-order valence-electron chi connectivity index (χ2n) is 10.6. The standard InChI is InChI=1S/C30H37ClN6O4/c1-3-24(20-12-14-23(41-2)15-13-20)37(16-4-6-19-8-10-21(11-9-19)30(39)40)17-5-7-22(18-37)34-29(38)25-27(32)36-28(33)26(31)35-25/h8-15,22,24H,3-7,16-18H2,1-2H3,(H5-,32,33,34,36,38,39,40)/p+1. The lowest BCUT2D eigenvalue weighted by Crippen LogP contribution is -2.61. The normalized spacial score (nSPS) is 19.3. The van der Waals surface area contributed by atoms with Crippen LogP contribution in [0.15, 0.2) is 48.5 Å². The number of nitrogens with one attached hydrogen (secondary N) is 1. The molecule has 1 aliphatic rings. The van der Waals surface area contributed by atoms with Crippen LogP contribution < -0.4 is 21.5 Å². The lowest BCUT2D eigenvalue weighted by Gasteiger charge is -2.50. The summed E-state index contributed by atoms with van der Waals surface area (Å²) >= 11 is 6.02. The van der Waals surface area contributed by atoms with Crippen LogP contribution in [0.5, 0.6) is 5.75 Å². The summed E-state index contributed by atoms with van der Waals surface area (Å²) in [6.45, 7) is 4.82. The number of methoxy groups -OCH3 is 1. The van der Waals surface area contributed by atoms with E-state index in [0.717, 1.165) is 67.5 Å². The van der Waals surface area contributed by atoms with Gasteiger partial charge in [0.15, 0.2) is 22.5 Å². The van der Waals surface area contributed by atoms with Gasteiger partial charge in [-0.05, 0) is 61.2 Å². The number of likely N-dealkylation sites (tertiary alicyclic amines) is 1. The minimum atomic E-state index is -0.929. The van der Waals surface area contributed by atoms with E-state index in [1.807, 2.05) is 24.3 Å². The summed E-state index contributed by atoms with van der Waals surface area (Å²) in [6, 6.07) is 15.4. The molecule has 2 heterocycles. The average Bonchev–Trinajstić information content (AvgIpc) is 2.96. The predicted octanol–water partition coefficient (Wildman–Crippen LogP) is 4.49. The predicted molar refractivity (Wildman–Crippen MR) is 159 cm³/mol. The molecule has 0 aliphatic carbocycles. The largest absolute Gasteiger partial charge is 0.497 e. The Kier molecular flexibility index (Phi) is 9.67. The van der Waals surface area contributed by atoms with Crippen molar-refractivity contribution in [2.45, 2.75) is 51.1 Å². The number of carboxylic acids is 1. The van der Waals surface area contributed by atoms with Crippen LogP contribution in [-0.4, -0.2) is 64.2 Å². The van der Waals surface area contributed by atoms with Gasteiger partial charge < -0.3 is 31.1 Å². The van der Waals surface area contributed by atoms with Crippen LogP contribution in [0.2, 0.25) is 5.15 Å². The van der Waals surface area contributed by atoms with Crippen molar-refractivity contribution in [3.63, 3.8) is 0 Å². The number of aryl methyl sites for hydroxylation is 1. The fraction of sp³-hybridized carbons (Fsp3) is 0.400. The topological polar surface area (TPSA) is 153 Å². The van der Waals surface area contributed by atoms with Gasteiger partial charge in [0.1, 0.15) is 11.8 Å². The van der Waals surface area contributed by atoms with Gasteiger partial charge in [-0.25, -0.2) is 14.8 Å². The Morgan fingerprint density at radius 3 is 2.46 bits per heavy atom. The number of nitrogen functional groups attached to an aromatic ring is 2. The minimum Gasteiger partial charge on any atom is -0.497 e. The number of aromatic nitrogens is 2. The molecule has 3 aromatic rings. The third-order valence-electron chi connectivity index (χ3n) is 8.01. The number of nitrogens with two attached hydrogens (primary N) is 2. The number of nitrogens with zero attached hydrogens (tertiary/aromatic N) is 3. The summed E-state index contributed by atoms with van der Waals surface area (Å²) in [5, 5.41) is 12.3. The number of hydrogen-bond donors (Lipinski definition) is 4. The van der Waals surface area contributed by atoms with Crippen LogP contribution in [-0.2, 0) is 6.42 Å². The van der Waals surface area contributed by atoms with E-state index in [0.29, 0.717) is 0 Å². The number of quaternary nitrogens is 1. The van der Waals surface area contributed by atoms with Crippen LogP contribution in [0.1, 0.15) is 70.6 Å². The molecule has 0 radical (unpaired) electrons. The van der Waals surface area contributed by atoms with Gasteiger partial charge in [-0.1, -0.05) is 30.7 Å². The average molecular weight is 582 g/mol. The monoisotopic (exact) mass is 581 g/mol. The Hall–Kier alpha value is -3.89. The highest BCUT2D eigenvalue weighted by Crippen LogP contribution is 2.37. The van der Waals surface area contributed by atoms with E-state index in [1.165, 1.54) is 5.56 Å². The van der Waals surface area contributed by atoms with E-state index in [-0.39, 0.29) is 40.1 Å². The van der Waals surface area contributed by atoms with Crippen molar-refractivity contribution < 1.29 is 23.9 Å². The van der Waals surface area contributed by atoms with Gasteiger partial charge in [0, 0.05) is 18.4 Å². The number of halogens is 1. The number of amides is 1. The first-order valence-electron chi connectivity index (χ1n) is 13.9. The molecular formula is C30H38ClN6O4+. The van der Waals surface area contributed by atoms with Crippen molar-refractivity contribution >= 4 is 35.1 Å². The van der Waals surface area contributed by atoms with Crippen molar-refractivity contribution in [3.8, 4) is 5.75 Å². The zero-order valence-corrected chi connectivity index (χ0v) is 24.2. The van der Waals surface area contributed by atoms with Gasteiger partial charge in [-0.2, -0.15) is 0 Å². The molecule has 1 fully saturated rings. The third-order valence-corrected chi connectivity index (χ3v) is 8.29. The molecule has 6 N–H and O–H groups in total. The quantitative estimate of drug-likeness (QED) is 0.241. The zero-order valence-electron chi connectivity index (χ0n) is 23.5. The highest BCUT2D eigenvalue weighted by Gasteiger charge is 2.42. The number of hydrogen-bond acceptors (Lipinski definition) is 7. The van der Waals surface area contributed by atoms with Gasteiger partial charge in [-0.3, -0.25) is 4.79 Å². The Balaban J connectivity index is 1.57. The zero-order chi connectivity index (χ0) is 29.6. The molecule has 4 rings (SSSR count). The number of carbonyl (C=O) groups is 2. The molecule has 0 saturated carbocycles. The van der Waals surface area contributed by atoms with Crippen LogP contribution in [0.3, 0.4) is 0 Å². The molecule has 1 saturated heterocycles. The molecular weight excluding hydrogens is 544 g/mol. The lowest BCUT2D eigenvalue weighted by molar-refractivity contribution is -0.962. The van der Waals surface area contributed by atoms with Gasteiger partial charge in [0.05, 0.1) is 38.3 Å². The lowest BCUT2D eigenvalue weighted by atomic mass is 9.92. The molecule has 1 amide bonds. The molecule has 218 valence electrons. The van der Waals surface area contributed by atoms with Crippen LogP contribution in [0.25, 0.3) is 0 Å². The first-order chi connectivity index (χ1) is 19.7. The highest BCUT2D eigenvalue weighted by atomic mass is 35.5. The smallest absolute Gasteiger partial charge is 0.335 e. The van der Waals surface area contributed by atoms with Crippen LogP contribution in [0.4, 0.5) is 11.6 Å². The maximum Gasteiger partial charge on any atom is 0.335 e. The summed E-state index contributed by atoms with van der Waals surface area (Å²) in [5.74, 6) is -0.610. The van der Waals surface area contributed by atoms with Gasteiger partial charge in [-0.15, -0.1) is 0 Å². The van der Waals surface area contributed by atoms with Crippen molar-refractivity contribution in [1.82, 2.24) is 15.3 Å². The molecule has 11 heteroatoms. The molecule has 10 nitrogen and oxygen atoms in total. The summed E-state index contributed by atoms with van der Waals surface area (Å²) in [7, 11) is 1.66.